The Bertz CT molecular complexity index is 1170. The number of aromatic amines is 1. The van der Waals surface area contributed by atoms with Crippen LogP contribution in [0.25, 0.3) is 16.8 Å². The first kappa shape index (κ1) is 16.8. The summed E-state index contributed by atoms with van der Waals surface area (Å²) in [4.78, 5) is 16.1. The van der Waals surface area contributed by atoms with Gasteiger partial charge in [0.15, 0.2) is 17.0 Å². The predicted octanol–water partition coefficient (Wildman–Crippen LogP) is 3.03. The molecule has 0 saturated heterocycles. The zero-order chi connectivity index (χ0) is 19.1. The Morgan fingerprint density at radius 2 is 2.11 bits per heavy atom. The molecule has 1 aliphatic carbocycles. The Kier molecular flexibility index (Phi) is 4.01. The van der Waals surface area contributed by atoms with Crippen LogP contribution in [0.15, 0.2) is 30.9 Å². The van der Waals surface area contributed by atoms with E-state index in [1.165, 1.54) is 0 Å². The summed E-state index contributed by atoms with van der Waals surface area (Å²) >= 11 is 0. The maximum atomic E-state index is 8.89. The molecule has 4 aromatic heterocycles. The first-order valence-corrected chi connectivity index (χ1v) is 9.65. The van der Waals surface area contributed by atoms with Crippen LogP contribution in [0.2, 0.25) is 0 Å². The van der Waals surface area contributed by atoms with Gasteiger partial charge in [-0.2, -0.15) is 5.26 Å². The number of hydrogen-bond acceptors (Lipinski definition) is 6. The van der Waals surface area contributed by atoms with Crippen LogP contribution in [-0.4, -0.2) is 34.5 Å². The lowest BCUT2D eigenvalue weighted by Gasteiger charge is -2.16. The standard InChI is InChI=1S/C20H20N8/c1-2-13-5-12(6-14-9-24-15(8-21)10-23-14)7-16(13)20-27-26-18-11-25-19-17(28(18)20)3-4-22-19/h3-4,9-13,16,22H,2,5-7H2,1H3/t12?,13-,16+/m1/s1. The van der Waals surface area contributed by atoms with Crippen molar-refractivity contribution in [3.8, 4) is 6.07 Å². The molecule has 0 radical (unpaired) electrons. The Morgan fingerprint density at radius 1 is 1.18 bits per heavy atom. The normalized spacial score (nSPS) is 22.1. The van der Waals surface area contributed by atoms with E-state index in [2.05, 4.69) is 41.5 Å². The maximum absolute atomic E-state index is 8.89. The fourth-order valence-corrected chi connectivity index (χ4v) is 4.63. The van der Waals surface area contributed by atoms with Crippen molar-refractivity contribution in [2.75, 3.05) is 0 Å². The van der Waals surface area contributed by atoms with Crippen molar-refractivity contribution < 1.29 is 0 Å². The predicted molar refractivity (Wildman–Crippen MR) is 102 cm³/mol. The van der Waals surface area contributed by atoms with Gasteiger partial charge in [0.2, 0.25) is 0 Å². The van der Waals surface area contributed by atoms with Crippen LogP contribution in [0.5, 0.6) is 0 Å². The molecule has 0 amide bonds. The van der Waals surface area contributed by atoms with Crippen LogP contribution < -0.4 is 0 Å². The smallest absolute Gasteiger partial charge is 0.179 e. The van der Waals surface area contributed by atoms with E-state index in [0.717, 1.165) is 54.0 Å². The molecule has 1 N–H and O–H groups in total. The van der Waals surface area contributed by atoms with Gasteiger partial charge < -0.3 is 4.98 Å². The topological polar surface area (TPSA) is 108 Å². The van der Waals surface area contributed by atoms with E-state index >= 15 is 0 Å². The number of H-pyrrole nitrogens is 1. The van der Waals surface area contributed by atoms with Gasteiger partial charge in [-0.25, -0.2) is 9.97 Å². The van der Waals surface area contributed by atoms with Crippen molar-refractivity contribution in [1.82, 2.24) is 34.5 Å². The van der Waals surface area contributed by atoms with Gasteiger partial charge in [0, 0.05) is 18.3 Å². The maximum Gasteiger partial charge on any atom is 0.179 e. The lowest BCUT2D eigenvalue weighted by Crippen LogP contribution is -2.09. The van der Waals surface area contributed by atoms with Gasteiger partial charge in [0.25, 0.3) is 0 Å². The molecule has 4 heterocycles. The fraction of sp³-hybridized carbons (Fsp3) is 0.400. The van der Waals surface area contributed by atoms with Gasteiger partial charge in [-0.3, -0.25) is 9.38 Å². The minimum absolute atomic E-state index is 0.358. The molecule has 0 aliphatic heterocycles. The number of hydrogen-bond donors (Lipinski definition) is 1. The summed E-state index contributed by atoms with van der Waals surface area (Å²) < 4.78 is 2.15. The van der Waals surface area contributed by atoms with Crippen LogP contribution in [0.4, 0.5) is 0 Å². The van der Waals surface area contributed by atoms with Gasteiger partial charge in [-0.15, -0.1) is 10.2 Å². The minimum atomic E-state index is 0.358. The molecule has 5 rings (SSSR count). The van der Waals surface area contributed by atoms with Crippen molar-refractivity contribution in [2.24, 2.45) is 11.8 Å². The highest BCUT2D eigenvalue weighted by Gasteiger charge is 2.37. The number of fused-ring (bicyclic) bond motifs is 3. The number of aromatic nitrogens is 7. The lowest BCUT2D eigenvalue weighted by atomic mass is 9.93. The first-order chi connectivity index (χ1) is 13.8. The van der Waals surface area contributed by atoms with E-state index in [0.29, 0.717) is 23.4 Å². The summed E-state index contributed by atoms with van der Waals surface area (Å²) in [6.07, 6.45) is 11.1. The molecule has 0 spiro atoms. The second-order valence-electron chi connectivity index (χ2n) is 7.54. The minimum Gasteiger partial charge on any atom is -0.345 e. The molecule has 4 aromatic rings. The summed E-state index contributed by atoms with van der Waals surface area (Å²) in [6.45, 7) is 2.25. The molecule has 1 saturated carbocycles. The SMILES string of the molecule is CC[C@@H]1CC(Cc2cnc(C#N)cn2)C[C@@H]1c1nnc2cnc3[nH]ccc3n12. The largest absolute Gasteiger partial charge is 0.345 e. The van der Waals surface area contributed by atoms with E-state index in [-0.39, 0.29) is 0 Å². The summed E-state index contributed by atoms with van der Waals surface area (Å²) in [5.41, 5.74) is 3.97. The first-order valence-electron chi connectivity index (χ1n) is 9.65. The fourth-order valence-electron chi connectivity index (χ4n) is 4.63. The zero-order valence-electron chi connectivity index (χ0n) is 15.6. The molecule has 0 aromatic carbocycles. The van der Waals surface area contributed by atoms with Crippen LogP contribution in [-0.2, 0) is 6.42 Å². The molecule has 28 heavy (non-hydrogen) atoms. The Morgan fingerprint density at radius 3 is 2.89 bits per heavy atom. The molecular weight excluding hydrogens is 352 g/mol. The molecule has 3 atom stereocenters. The van der Waals surface area contributed by atoms with Crippen LogP contribution >= 0.6 is 0 Å². The van der Waals surface area contributed by atoms with Crippen LogP contribution in [0.3, 0.4) is 0 Å². The summed E-state index contributed by atoms with van der Waals surface area (Å²) in [7, 11) is 0. The highest BCUT2D eigenvalue weighted by Crippen LogP contribution is 2.45. The summed E-state index contributed by atoms with van der Waals surface area (Å²) in [5, 5.41) is 17.8. The number of rotatable bonds is 4. The second-order valence-corrected chi connectivity index (χ2v) is 7.54. The Labute approximate surface area is 161 Å². The summed E-state index contributed by atoms with van der Waals surface area (Å²) in [6, 6.07) is 4.05. The monoisotopic (exact) mass is 372 g/mol. The van der Waals surface area contributed by atoms with E-state index in [1.54, 1.807) is 18.6 Å². The molecule has 0 bridgehead atoms. The van der Waals surface area contributed by atoms with Crippen LogP contribution in [0.1, 0.15) is 49.3 Å². The van der Waals surface area contributed by atoms with E-state index in [4.69, 9.17) is 5.26 Å². The van der Waals surface area contributed by atoms with E-state index in [9.17, 15) is 0 Å². The van der Waals surface area contributed by atoms with E-state index in [1.807, 2.05) is 18.3 Å². The quantitative estimate of drug-likeness (QED) is 0.590. The zero-order valence-corrected chi connectivity index (χ0v) is 15.6. The molecular formula is C20H20N8. The van der Waals surface area contributed by atoms with Gasteiger partial charge >= 0.3 is 0 Å². The molecule has 1 aliphatic rings. The van der Waals surface area contributed by atoms with Gasteiger partial charge in [0.1, 0.15) is 11.9 Å². The highest BCUT2D eigenvalue weighted by atomic mass is 15.3. The third-order valence-electron chi connectivity index (χ3n) is 5.93. The molecule has 1 unspecified atom stereocenters. The lowest BCUT2D eigenvalue weighted by molar-refractivity contribution is 0.443. The Hall–Kier alpha value is -3.34. The average molecular weight is 372 g/mol. The van der Waals surface area contributed by atoms with Crippen molar-refractivity contribution in [3.05, 3.63) is 48.1 Å². The molecule has 8 heteroatoms. The highest BCUT2D eigenvalue weighted by molar-refractivity contribution is 5.74. The third kappa shape index (κ3) is 2.71. The molecule has 8 nitrogen and oxygen atoms in total. The van der Waals surface area contributed by atoms with Crippen molar-refractivity contribution in [3.63, 3.8) is 0 Å². The molecule has 1 fully saturated rings. The Balaban J connectivity index is 1.46. The average Bonchev–Trinajstić information content (AvgIpc) is 3.45. The van der Waals surface area contributed by atoms with Gasteiger partial charge in [-0.05, 0) is 37.2 Å². The second kappa shape index (κ2) is 6.68. The van der Waals surface area contributed by atoms with Crippen molar-refractivity contribution in [2.45, 2.75) is 38.5 Å². The number of nitriles is 1. The van der Waals surface area contributed by atoms with Crippen LogP contribution in [0, 0.1) is 23.2 Å². The van der Waals surface area contributed by atoms with Crippen molar-refractivity contribution >= 4 is 16.8 Å². The van der Waals surface area contributed by atoms with Gasteiger partial charge in [-0.1, -0.05) is 13.3 Å². The third-order valence-corrected chi connectivity index (χ3v) is 5.93. The number of nitrogens with zero attached hydrogens (tertiary/aromatic N) is 7. The van der Waals surface area contributed by atoms with E-state index < -0.39 is 0 Å². The number of nitrogens with one attached hydrogen (secondary N) is 1. The molecule has 140 valence electrons. The van der Waals surface area contributed by atoms with Gasteiger partial charge in [0.05, 0.1) is 23.6 Å². The summed E-state index contributed by atoms with van der Waals surface area (Å²) in [5.74, 6) is 2.47. The van der Waals surface area contributed by atoms with Crippen molar-refractivity contribution in [1.29, 1.82) is 5.26 Å².